The van der Waals surface area contributed by atoms with E-state index in [-0.39, 0.29) is 0 Å². The number of rotatable bonds is 8. The first-order valence-electron chi connectivity index (χ1n) is 6.30. The number of hydrogen-bond donors (Lipinski definition) is 1. The van der Waals surface area contributed by atoms with E-state index >= 15 is 0 Å². The minimum atomic E-state index is 0.563. The first kappa shape index (κ1) is 13.2. The zero-order chi connectivity index (χ0) is 11.8. The molecule has 1 atom stereocenters. The maximum Gasteiger partial charge on any atom is 0.140 e. The maximum absolute atomic E-state index is 4.19. The molecule has 0 aromatic carbocycles. The van der Waals surface area contributed by atoms with Crippen molar-refractivity contribution in [2.45, 2.75) is 58.5 Å². The summed E-state index contributed by atoms with van der Waals surface area (Å²) in [5.41, 5.74) is 0. The first-order valence-corrected chi connectivity index (χ1v) is 6.30. The van der Waals surface area contributed by atoms with Gasteiger partial charge in [-0.05, 0) is 13.3 Å². The van der Waals surface area contributed by atoms with Crippen LogP contribution in [0, 0.1) is 0 Å². The van der Waals surface area contributed by atoms with Gasteiger partial charge < -0.3 is 5.32 Å². The third kappa shape index (κ3) is 4.75. The molecular formula is C12H24N4. The Hall–Kier alpha value is -0.900. The third-order valence-corrected chi connectivity index (χ3v) is 2.90. The van der Waals surface area contributed by atoms with Crippen LogP contribution >= 0.6 is 0 Å². The summed E-state index contributed by atoms with van der Waals surface area (Å²) in [5.74, 6) is 1.00. The van der Waals surface area contributed by atoms with Gasteiger partial charge >= 0.3 is 0 Å². The molecule has 0 aliphatic rings. The van der Waals surface area contributed by atoms with Crippen LogP contribution < -0.4 is 5.32 Å². The monoisotopic (exact) mass is 224 g/mol. The molecule has 1 heterocycles. The van der Waals surface area contributed by atoms with Crippen molar-refractivity contribution in [2.75, 3.05) is 0 Å². The number of nitrogens with zero attached hydrogens (tertiary/aromatic N) is 3. The molecule has 0 fully saturated rings. The average Bonchev–Trinajstić information content (AvgIpc) is 2.67. The summed E-state index contributed by atoms with van der Waals surface area (Å²) in [6.45, 7) is 5.30. The van der Waals surface area contributed by atoms with Crippen LogP contribution in [0.25, 0.3) is 0 Å². The molecule has 0 saturated heterocycles. The van der Waals surface area contributed by atoms with Gasteiger partial charge in [-0.3, -0.25) is 4.68 Å². The largest absolute Gasteiger partial charge is 0.307 e. The standard InChI is InChI=1S/C12H24N4/c1-4-5-6-7-8-11(2)13-9-12-14-10-15-16(12)3/h10-11,13H,4-9H2,1-3H3. The summed E-state index contributed by atoms with van der Waals surface area (Å²) < 4.78 is 1.82. The maximum atomic E-state index is 4.19. The smallest absolute Gasteiger partial charge is 0.140 e. The highest BCUT2D eigenvalue weighted by molar-refractivity contribution is 4.82. The molecule has 1 rings (SSSR count). The third-order valence-electron chi connectivity index (χ3n) is 2.90. The van der Waals surface area contributed by atoms with Gasteiger partial charge in [0, 0.05) is 13.1 Å². The molecule has 16 heavy (non-hydrogen) atoms. The van der Waals surface area contributed by atoms with Gasteiger partial charge in [0.05, 0.1) is 6.54 Å². The molecule has 0 saturated carbocycles. The molecule has 1 aromatic rings. The van der Waals surface area contributed by atoms with E-state index in [0.29, 0.717) is 6.04 Å². The van der Waals surface area contributed by atoms with Crippen LogP contribution in [-0.2, 0) is 13.6 Å². The zero-order valence-electron chi connectivity index (χ0n) is 10.7. The number of aryl methyl sites for hydroxylation is 1. The second-order valence-corrected chi connectivity index (χ2v) is 4.43. The van der Waals surface area contributed by atoms with Crippen molar-refractivity contribution in [1.29, 1.82) is 0 Å². The lowest BCUT2D eigenvalue weighted by molar-refractivity contribution is 0.469. The minimum Gasteiger partial charge on any atom is -0.307 e. The Morgan fingerprint density at radius 1 is 1.38 bits per heavy atom. The Labute approximate surface area is 98.5 Å². The van der Waals surface area contributed by atoms with E-state index in [0.717, 1.165) is 12.4 Å². The normalized spacial score (nSPS) is 12.9. The first-order chi connectivity index (χ1) is 7.74. The second-order valence-electron chi connectivity index (χ2n) is 4.43. The van der Waals surface area contributed by atoms with Crippen molar-refractivity contribution in [3.8, 4) is 0 Å². The molecule has 0 aliphatic heterocycles. The Bertz CT molecular complexity index is 282. The fourth-order valence-corrected chi connectivity index (χ4v) is 1.73. The topological polar surface area (TPSA) is 42.7 Å². The van der Waals surface area contributed by atoms with Crippen molar-refractivity contribution >= 4 is 0 Å². The molecule has 0 aliphatic carbocycles. The van der Waals surface area contributed by atoms with Crippen LogP contribution in [0.1, 0.15) is 51.8 Å². The van der Waals surface area contributed by atoms with Crippen molar-refractivity contribution in [1.82, 2.24) is 20.1 Å². The number of aromatic nitrogens is 3. The summed E-state index contributed by atoms with van der Waals surface area (Å²) in [5, 5.41) is 7.53. The Morgan fingerprint density at radius 2 is 2.19 bits per heavy atom. The lowest BCUT2D eigenvalue weighted by Gasteiger charge is -2.12. The van der Waals surface area contributed by atoms with Gasteiger partial charge in [0.1, 0.15) is 12.2 Å². The van der Waals surface area contributed by atoms with Crippen LogP contribution in [0.4, 0.5) is 0 Å². The van der Waals surface area contributed by atoms with Crippen LogP contribution in [-0.4, -0.2) is 20.8 Å². The van der Waals surface area contributed by atoms with Crippen LogP contribution in [0.2, 0.25) is 0 Å². The molecular weight excluding hydrogens is 200 g/mol. The van der Waals surface area contributed by atoms with Crippen molar-refractivity contribution in [2.24, 2.45) is 7.05 Å². The second kappa shape index (κ2) is 7.39. The van der Waals surface area contributed by atoms with E-state index in [1.54, 1.807) is 6.33 Å². The molecule has 4 nitrogen and oxygen atoms in total. The Morgan fingerprint density at radius 3 is 2.81 bits per heavy atom. The highest BCUT2D eigenvalue weighted by Gasteiger charge is 2.04. The molecule has 1 unspecified atom stereocenters. The SMILES string of the molecule is CCCCCCC(C)NCc1ncnn1C. The Kier molecular flexibility index (Phi) is 6.08. The molecule has 0 amide bonds. The van der Waals surface area contributed by atoms with E-state index in [1.807, 2.05) is 11.7 Å². The van der Waals surface area contributed by atoms with Gasteiger partial charge in [0.15, 0.2) is 0 Å². The summed E-state index contributed by atoms with van der Waals surface area (Å²) in [7, 11) is 1.93. The van der Waals surface area contributed by atoms with Gasteiger partial charge in [-0.2, -0.15) is 5.10 Å². The predicted molar refractivity (Wildman–Crippen MR) is 66.1 cm³/mol. The highest BCUT2D eigenvalue weighted by Crippen LogP contribution is 2.05. The molecule has 92 valence electrons. The summed E-state index contributed by atoms with van der Waals surface area (Å²) in [4.78, 5) is 4.19. The van der Waals surface area contributed by atoms with Gasteiger partial charge in [-0.1, -0.05) is 32.6 Å². The number of unbranched alkanes of at least 4 members (excludes halogenated alkanes) is 3. The van der Waals surface area contributed by atoms with Crippen molar-refractivity contribution in [3.05, 3.63) is 12.2 Å². The highest BCUT2D eigenvalue weighted by atomic mass is 15.3. The molecule has 0 radical (unpaired) electrons. The quantitative estimate of drug-likeness (QED) is 0.689. The fourth-order valence-electron chi connectivity index (χ4n) is 1.73. The van der Waals surface area contributed by atoms with Gasteiger partial charge in [-0.25, -0.2) is 4.98 Å². The summed E-state index contributed by atoms with van der Waals surface area (Å²) in [6, 6.07) is 0.563. The number of nitrogens with one attached hydrogen (secondary N) is 1. The van der Waals surface area contributed by atoms with Crippen LogP contribution in [0.5, 0.6) is 0 Å². The molecule has 0 spiro atoms. The van der Waals surface area contributed by atoms with Gasteiger partial charge in [0.2, 0.25) is 0 Å². The molecule has 1 aromatic heterocycles. The van der Waals surface area contributed by atoms with Crippen LogP contribution in [0.15, 0.2) is 6.33 Å². The van der Waals surface area contributed by atoms with Crippen molar-refractivity contribution < 1.29 is 0 Å². The van der Waals surface area contributed by atoms with Gasteiger partial charge in [-0.15, -0.1) is 0 Å². The zero-order valence-corrected chi connectivity index (χ0v) is 10.7. The van der Waals surface area contributed by atoms with E-state index in [2.05, 4.69) is 29.2 Å². The van der Waals surface area contributed by atoms with Crippen molar-refractivity contribution in [3.63, 3.8) is 0 Å². The Balaban J connectivity index is 2.10. The lowest BCUT2D eigenvalue weighted by Crippen LogP contribution is -2.26. The van der Waals surface area contributed by atoms with E-state index in [4.69, 9.17) is 0 Å². The predicted octanol–water partition coefficient (Wildman–Crippen LogP) is 2.26. The molecule has 4 heteroatoms. The van der Waals surface area contributed by atoms with E-state index in [9.17, 15) is 0 Å². The van der Waals surface area contributed by atoms with Gasteiger partial charge in [0.25, 0.3) is 0 Å². The summed E-state index contributed by atoms with van der Waals surface area (Å²) in [6.07, 6.45) is 8.19. The minimum absolute atomic E-state index is 0.563. The summed E-state index contributed by atoms with van der Waals surface area (Å²) >= 11 is 0. The molecule has 1 N–H and O–H groups in total. The number of hydrogen-bond acceptors (Lipinski definition) is 3. The molecule has 0 bridgehead atoms. The fraction of sp³-hybridized carbons (Fsp3) is 0.833. The van der Waals surface area contributed by atoms with E-state index < -0.39 is 0 Å². The van der Waals surface area contributed by atoms with E-state index in [1.165, 1.54) is 32.1 Å². The average molecular weight is 224 g/mol. The lowest BCUT2D eigenvalue weighted by atomic mass is 10.1. The van der Waals surface area contributed by atoms with Crippen LogP contribution in [0.3, 0.4) is 0 Å².